The average Bonchev–Trinajstić information content (AvgIpc) is 3.25. The summed E-state index contributed by atoms with van der Waals surface area (Å²) in [5.41, 5.74) is 1.83. The second kappa shape index (κ2) is 8.49. The molecule has 2 fully saturated rings. The first-order valence-electron chi connectivity index (χ1n) is 9.11. The molecule has 5 nitrogen and oxygen atoms in total. The topological polar surface area (TPSA) is 59.6 Å². The molecule has 24 heavy (non-hydrogen) atoms. The Labute approximate surface area is 144 Å². The van der Waals surface area contributed by atoms with E-state index in [0.29, 0.717) is 12.6 Å². The van der Waals surface area contributed by atoms with Crippen LogP contribution in [0.4, 0.5) is 5.69 Å². The van der Waals surface area contributed by atoms with Crippen molar-refractivity contribution in [3.63, 3.8) is 0 Å². The lowest BCUT2D eigenvalue weighted by Crippen LogP contribution is -2.33. The van der Waals surface area contributed by atoms with Gasteiger partial charge in [-0.25, -0.2) is 0 Å². The number of benzene rings is 1. The van der Waals surface area contributed by atoms with Crippen LogP contribution in [-0.2, 0) is 9.53 Å². The highest BCUT2D eigenvalue weighted by molar-refractivity contribution is 5.93. The molecular weight excluding hydrogens is 304 g/mol. The average molecular weight is 332 g/mol. The number of rotatable bonds is 7. The molecule has 1 amide bonds. The van der Waals surface area contributed by atoms with Gasteiger partial charge in [0, 0.05) is 24.4 Å². The highest BCUT2D eigenvalue weighted by Gasteiger charge is 2.18. The van der Waals surface area contributed by atoms with E-state index < -0.39 is 0 Å². The molecule has 0 spiro atoms. The van der Waals surface area contributed by atoms with Crippen LogP contribution in [0.5, 0.6) is 5.75 Å². The lowest BCUT2D eigenvalue weighted by molar-refractivity contribution is -0.115. The maximum Gasteiger partial charge on any atom is 0.238 e. The minimum Gasteiger partial charge on any atom is -0.490 e. The molecule has 1 heterocycles. The van der Waals surface area contributed by atoms with Crippen molar-refractivity contribution in [2.24, 2.45) is 0 Å². The minimum atomic E-state index is -0.0332. The standard InChI is InChI=1S/C19H28N2O3/c1-14-17(9-4-10-18(14)24-15-6-2-3-7-15)21-19(22)13-20-12-16-8-5-11-23-16/h4,9-10,15-16,20H,2-3,5-8,11-13H2,1H3,(H,21,22). The Bertz CT molecular complexity index is 550. The van der Waals surface area contributed by atoms with Crippen LogP contribution in [0, 0.1) is 6.92 Å². The van der Waals surface area contributed by atoms with Crippen LogP contribution >= 0.6 is 0 Å². The van der Waals surface area contributed by atoms with E-state index in [-0.39, 0.29) is 12.0 Å². The van der Waals surface area contributed by atoms with Crippen LogP contribution in [0.1, 0.15) is 44.1 Å². The number of anilines is 1. The molecule has 132 valence electrons. The Balaban J connectivity index is 1.49. The number of amides is 1. The quantitative estimate of drug-likeness (QED) is 0.806. The molecule has 0 aromatic heterocycles. The molecule has 1 atom stereocenters. The fraction of sp³-hybridized carbons (Fsp3) is 0.632. The summed E-state index contributed by atoms with van der Waals surface area (Å²) in [4.78, 5) is 12.1. The van der Waals surface area contributed by atoms with Crippen LogP contribution in [0.2, 0.25) is 0 Å². The summed E-state index contributed by atoms with van der Waals surface area (Å²) in [5, 5.41) is 6.15. The summed E-state index contributed by atoms with van der Waals surface area (Å²) < 4.78 is 11.6. The van der Waals surface area contributed by atoms with Gasteiger partial charge in [0.15, 0.2) is 0 Å². The molecule has 1 saturated heterocycles. The molecule has 1 aliphatic heterocycles. The number of carbonyl (C=O) groups is 1. The summed E-state index contributed by atoms with van der Waals surface area (Å²) in [5.74, 6) is 0.848. The van der Waals surface area contributed by atoms with Gasteiger partial charge in [-0.05, 0) is 57.6 Å². The highest BCUT2D eigenvalue weighted by atomic mass is 16.5. The van der Waals surface area contributed by atoms with Crippen LogP contribution in [0.15, 0.2) is 18.2 Å². The van der Waals surface area contributed by atoms with Gasteiger partial charge in [0.2, 0.25) is 5.91 Å². The number of nitrogens with one attached hydrogen (secondary N) is 2. The van der Waals surface area contributed by atoms with Crippen molar-refractivity contribution in [1.82, 2.24) is 5.32 Å². The van der Waals surface area contributed by atoms with E-state index >= 15 is 0 Å². The van der Waals surface area contributed by atoms with Gasteiger partial charge in [0.25, 0.3) is 0 Å². The number of carbonyl (C=O) groups excluding carboxylic acids is 1. The molecule has 1 aliphatic carbocycles. The Morgan fingerprint density at radius 2 is 2.08 bits per heavy atom. The van der Waals surface area contributed by atoms with Gasteiger partial charge in [-0.2, -0.15) is 0 Å². The molecule has 2 aliphatic rings. The molecule has 3 rings (SSSR count). The monoisotopic (exact) mass is 332 g/mol. The van der Waals surface area contributed by atoms with E-state index in [1.165, 1.54) is 12.8 Å². The highest BCUT2D eigenvalue weighted by Crippen LogP contribution is 2.30. The summed E-state index contributed by atoms with van der Waals surface area (Å²) in [6, 6.07) is 5.85. The van der Waals surface area contributed by atoms with Gasteiger partial charge in [0.05, 0.1) is 18.8 Å². The lowest BCUT2D eigenvalue weighted by Gasteiger charge is -2.17. The SMILES string of the molecule is Cc1c(NC(=O)CNCC2CCCO2)cccc1OC1CCCC1. The summed E-state index contributed by atoms with van der Waals surface area (Å²) in [6.45, 7) is 3.87. The van der Waals surface area contributed by atoms with Gasteiger partial charge >= 0.3 is 0 Å². The lowest BCUT2D eigenvalue weighted by atomic mass is 10.1. The van der Waals surface area contributed by atoms with E-state index in [4.69, 9.17) is 9.47 Å². The summed E-state index contributed by atoms with van der Waals surface area (Å²) >= 11 is 0. The zero-order valence-corrected chi connectivity index (χ0v) is 14.5. The van der Waals surface area contributed by atoms with Gasteiger partial charge in [-0.1, -0.05) is 6.07 Å². The van der Waals surface area contributed by atoms with Crippen molar-refractivity contribution in [2.75, 3.05) is 25.0 Å². The van der Waals surface area contributed by atoms with Gasteiger partial charge in [0.1, 0.15) is 5.75 Å². The van der Waals surface area contributed by atoms with Crippen molar-refractivity contribution < 1.29 is 14.3 Å². The molecular formula is C19H28N2O3. The van der Waals surface area contributed by atoms with Crippen molar-refractivity contribution >= 4 is 11.6 Å². The fourth-order valence-corrected chi connectivity index (χ4v) is 3.41. The summed E-state index contributed by atoms with van der Waals surface area (Å²) in [6.07, 6.45) is 7.52. The predicted molar refractivity (Wildman–Crippen MR) is 94.5 cm³/mol. The molecule has 1 aromatic rings. The molecule has 0 radical (unpaired) electrons. The molecule has 1 saturated carbocycles. The maximum atomic E-state index is 12.1. The molecule has 5 heteroatoms. The Morgan fingerprint density at radius 1 is 1.25 bits per heavy atom. The zero-order chi connectivity index (χ0) is 16.8. The van der Waals surface area contributed by atoms with Crippen LogP contribution in [-0.4, -0.2) is 37.8 Å². The fourth-order valence-electron chi connectivity index (χ4n) is 3.41. The first-order chi connectivity index (χ1) is 11.7. The van der Waals surface area contributed by atoms with Crippen molar-refractivity contribution in [3.8, 4) is 5.75 Å². The first-order valence-corrected chi connectivity index (χ1v) is 9.11. The number of hydrogen-bond donors (Lipinski definition) is 2. The Kier molecular flexibility index (Phi) is 6.10. The van der Waals surface area contributed by atoms with Crippen LogP contribution < -0.4 is 15.4 Å². The van der Waals surface area contributed by atoms with Crippen molar-refractivity contribution in [3.05, 3.63) is 23.8 Å². The van der Waals surface area contributed by atoms with Crippen LogP contribution in [0.25, 0.3) is 0 Å². The second-order valence-corrected chi connectivity index (χ2v) is 6.77. The summed E-state index contributed by atoms with van der Waals surface area (Å²) in [7, 11) is 0. The predicted octanol–water partition coefficient (Wildman–Crippen LogP) is 3.02. The van der Waals surface area contributed by atoms with Gasteiger partial charge < -0.3 is 20.1 Å². The largest absolute Gasteiger partial charge is 0.490 e. The smallest absolute Gasteiger partial charge is 0.238 e. The van der Waals surface area contributed by atoms with E-state index in [1.807, 2.05) is 25.1 Å². The third-order valence-electron chi connectivity index (χ3n) is 4.84. The second-order valence-electron chi connectivity index (χ2n) is 6.77. The van der Waals surface area contributed by atoms with E-state index in [9.17, 15) is 4.79 Å². The maximum absolute atomic E-state index is 12.1. The van der Waals surface area contributed by atoms with Crippen molar-refractivity contribution in [2.45, 2.75) is 57.7 Å². The molecule has 0 bridgehead atoms. The third kappa shape index (κ3) is 4.71. The minimum absolute atomic E-state index is 0.0332. The van der Waals surface area contributed by atoms with Crippen molar-refractivity contribution in [1.29, 1.82) is 0 Å². The van der Waals surface area contributed by atoms with Gasteiger partial charge in [-0.3, -0.25) is 4.79 Å². The normalized spacial score (nSPS) is 21.1. The number of ether oxygens (including phenoxy) is 2. The molecule has 1 aromatic carbocycles. The van der Waals surface area contributed by atoms with E-state index in [0.717, 1.165) is 55.8 Å². The molecule has 1 unspecified atom stereocenters. The zero-order valence-electron chi connectivity index (χ0n) is 14.5. The first kappa shape index (κ1) is 17.2. The Morgan fingerprint density at radius 3 is 2.83 bits per heavy atom. The van der Waals surface area contributed by atoms with Crippen LogP contribution in [0.3, 0.4) is 0 Å². The third-order valence-corrected chi connectivity index (χ3v) is 4.84. The van der Waals surface area contributed by atoms with E-state index in [1.54, 1.807) is 0 Å². The van der Waals surface area contributed by atoms with Gasteiger partial charge in [-0.15, -0.1) is 0 Å². The Hall–Kier alpha value is -1.59. The van der Waals surface area contributed by atoms with E-state index in [2.05, 4.69) is 10.6 Å². The number of hydrogen-bond acceptors (Lipinski definition) is 4. The molecule has 2 N–H and O–H groups in total.